The maximum absolute atomic E-state index is 5.91. The van der Waals surface area contributed by atoms with Gasteiger partial charge in [-0.15, -0.1) is 11.8 Å². The molecule has 110 valence electrons. The number of thioether (sulfide) groups is 1. The van der Waals surface area contributed by atoms with Crippen LogP contribution < -0.4 is 11.1 Å². The molecule has 1 aromatic carbocycles. The Morgan fingerprint density at radius 1 is 1.45 bits per heavy atom. The maximum atomic E-state index is 5.91. The van der Waals surface area contributed by atoms with E-state index >= 15 is 0 Å². The van der Waals surface area contributed by atoms with Gasteiger partial charge in [-0.1, -0.05) is 25.2 Å². The van der Waals surface area contributed by atoms with Crippen LogP contribution in [-0.4, -0.2) is 29.5 Å². The smallest absolute Gasteiger partial charge is 0.107 e. The van der Waals surface area contributed by atoms with E-state index in [0.29, 0.717) is 17.1 Å². The lowest BCUT2D eigenvalue weighted by atomic mass is 9.89. The van der Waals surface area contributed by atoms with Crippen LogP contribution in [0.2, 0.25) is 0 Å². The monoisotopic (exact) mass is 310 g/mol. The predicted molar refractivity (Wildman–Crippen MR) is 90.8 cm³/mol. The van der Waals surface area contributed by atoms with Gasteiger partial charge in [0.25, 0.3) is 0 Å². The van der Waals surface area contributed by atoms with E-state index in [0.717, 1.165) is 41.3 Å². The molecule has 1 aromatic rings. The summed E-state index contributed by atoms with van der Waals surface area (Å²) in [6, 6.07) is 6.65. The van der Waals surface area contributed by atoms with Gasteiger partial charge in [-0.2, -0.15) is 0 Å². The Bertz CT molecular complexity index is 473. The molecular formula is C15H22N2OS2. The largest absolute Gasteiger partial charge is 0.389 e. The number of benzene rings is 1. The lowest BCUT2D eigenvalue weighted by Gasteiger charge is -2.36. The van der Waals surface area contributed by atoms with Crippen molar-refractivity contribution < 1.29 is 4.74 Å². The molecule has 1 fully saturated rings. The second-order valence-corrected chi connectivity index (χ2v) is 6.61. The molecular weight excluding hydrogens is 288 g/mol. The highest BCUT2D eigenvalue weighted by Gasteiger charge is 2.30. The minimum atomic E-state index is 0.402. The van der Waals surface area contributed by atoms with Crippen molar-refractivity contribution in [1.29, 1.82) is 0 Å². The van der Waals surface area contributed by atoms with Crippen molar-refractivity contribution in [3.63, 3.8) is 0 Å². The van der Waals surface area contributed by atoms with Crippen LogP contribution in [0.5, 0.6) is 0 Å². The van der Waals surface area contributed by atoms with Gasteiger partial charge >= 0.3 is 0 Å². The van der Waals surface area contributed by atoms with Gasteiger partial charge in [0, 0.05) is 28.8 Å². The molecule has 1 saturated carbocycles. The molecule has 0 spiro atoms. The molecule has 2 rings (SSSR count). The Kier molecular flexibility index (Phi) is 5.69. The minimum absolute atomic E-state index is 0.402. The number of nitrogens with one attached hydrogen (secondary N) is 1. The fourth-order valence-corrected chi connectivity index (χ4v) is 3.59. The summed E-state index contributed by atoms with van der Waals surface area (Å²) in [5.74, 6) is 1.01. The SMILES string of the molecule is CCOC1CC(Nc2cccc(SCC)c2C(N)=S)C1. The molecule has 5 heteroatoms. The fraction of sp³-hybridized carbons (Fsp3) is 0.533. The first-order valence-corrected chi connectivity index (χ1v) is 8.48. The van der Waals surface area contributed by atoms with Gasteiger partial charge < -0.3 is 15.8 Å². The van der Waals surface area contributed by atoms with Crippen LogP contribution in [0.25, 0.3) is 0 Å². The number of rotatable bonds is 7. The van der Waals surface area contributed by atoms with Gasteiger partial charge in [0.05, 0.1) is 6.10 Å². The molecule has 0 heterocycles. The number of nitrogens with two attached hydrogens (primary N) is 1. The van der Waals surface area contributed by atoms with Gasteiger partial charge in [-0.3, -0.25) is 0 Å². The molecule has 0 bridgehead atoms. The Morgan fingerprint density at radius 3 is 2.80 bits per heavy atom. The quantitative estimate of drug-likeness (QED) is 0.597. The van der Waals surface area contributed by atoms with Crippen molar-refractivity contribution in [3.05, 3.63) is 23.8 Å². The summed E-state index contributed by atoms with van der Waals surface area (Å²) in [5, 5.41) is 3.55. The summed E-state index contributed by atoms with van der Waals surface area (Å²) in [6.45, 7) is 4.96. The van der Waals surface area contributed by atoms with Crippen LogP contribution in [0, 0.1) is 0 Å². The first-order valence-electron chi connectivity index (χ1n) is 7.09. The molecule has 0 amide bonds. The first-order chi connectivity index (χ1) is 9.65. The number of thiocarbonyl (C=S) groups is 1. The van der Waals surface area contributed by atoms with Gasteiger partial charge in [0.1, 0.15) is 4.99 Å². The van der Waals surface area contributed by atoms with Crippen LogP contribution in [0.1, 0.15) is 32.3 Å². The number of hydrogen-bond acceptors (Lipinski definition) is 4. The molecule has 0 aliphatic heterocycles. The summed E-state index contributed by atoms with van der Waals surface area (Å²) < 4.78 is 5.59. The van der Waals surface area contributed by atoms with E-state index in [4.69, 9.17) is 22.7 Å². The van der Waals surface area contributed by atoms with Crippen LogP contribution >= 0.6 is 24.0 Å². The third-order valence-corrected chi connectivity index (χ3v) is 4.57. The van der Waals surface area contributed by atoms with Crippen LogP contribution in [0.4, 0.5) is 5.69 Å². The zero-order chi connectivity index (χ0) is 14.5. The maximum Gasteiger partial charge on any atom is 0.107 e. The van der Waals surface area contributed by atoms with E-state index < -0.39 is 0 Å². The molecule has 0 unspecified atom stereocenters. The average Bonchev–Trinajstić information content (AvgIpc) is 2.36. The molecule has 3 N–H and O–H groups in total. The van der Waals surface area contributed by atoms with Crippen molar-refractivity contribution >= 4 is 34.7 Å². The Balaban J connectivity index is 2.08. The van der Waals surface area contributed by atoms with Crippen molar-refractivity contribution in [2.45, 2.75) is 43.7 Å². The molecule has 20 heavy (non-hydrogen) atoms. The van der Waals surface area contributed by atoms with E-state index in [-0.39, 0.29) is 0 Å². The highest BCUT2D eigenvalue weighted by atomic mass is 32.2. The second-order valence-electron chi connectivity index (χ2n) is 4.87. The van der Waals surface area contributed by atoms with Gasteiger partial charge in [0.2, 0.25) is 0 Å². The van der Waals surface area contributed by atoms with Crippen molar-refractivity contribution in [2.75, 3.05) is 17.7 Å². The van der Waals surface area contributed by atoms with Gasteiger partial charge in [-0.25, -0.2) is 0 Å². The van der Waals surface area contributed by atoms with E-state index in [1.165, 1.54) is 0 Å². The summed E-state index contributed by atoms with van der Waals surface area (Å²) in [5.41, 5.74) is 7.94. The predicted octanol–water partition coefficient (Wildman–Crippen LogP) is 3.41. The van der Waals surface area contributed by atoms with Gasteiger partial charge in [0.15, 0.2) is 0 Å². The normalized spacial score (nSPS) is 21.3. The lowest BCUT2D eigenvalue weighted by Crippen LogP contribution is -2.41. The minimum Gasteiger partial charge on any atom is -0.389 e. The van der Waals surface area contributed by atoms with E-state index in [2.05, 4.69) is 30.4 Å². The van der Waals surface area contributed by atoms with Gasteiger partial charge in [-0.05, 0) is 37.7 Å². The highest BCUT2D eigenvalue weighted by molar-refractivity contribution is 7.99. The highest BCUT2D eigenvalue weighted by Crippen LogP contribution is 2.32. The second kappa shape index (κ2) is 7.29. The summed E-state index contributed by atoms with van der Waals surface area (Å²) in [7, 11) is 0. The third kappa shape index (κ3) is 3.65. The lowest BCUT2D eigenvalue weighted by molar-refractivity contribution is 0.00299. The van der Waals surface area contributed by atoms with E-state index in [9.17, 15) is 0 Å². The Hall–Kier alpha value is -0.780. The number of hydrogen-bond donors (Lipinski definition) is 2. The summed E-state index contributed by atoms with van der Waals surface area (Å²) >= 11 is 7.00. The Morgan fingerprint density at radius 2 is 2.20 bits per heavy atom. The Labute approximate surface area is 130 Å². The van der Waals surface area contributed by atoms with E-state index in [1.54, 1.807) is 11.8 Å². The van der Waals surface area contributed by atoms with Crippen molar-refractivity contribution in [1.82, 2.24) is 0 Å². The fourth-order valence-electron chi connectivity index (χ4n) is 2.46. The molecule has 0 atom stereocenters. The van der Waals surface area contributed by atoms with Crippen molar-refractivity contribution in [2.24, 2.45) is 5.73 Å². The summed E-state index contributed by atoms with van der Waals surface area (Å²) in [6.07, 6.45) is 2.50. The van der Waals surface area contributed by atoms with E-state index in [1.807, 2.05) is 6.92 Å². The zero-order valence-corrected chi connectivity index (χ0v) is 13.7. The zero-order valence-electron chi connectivity index (χ0n) is 12.0. The first kappa shape index (κ1) is 15.6. The molecule has 0 aromatic heterocycles. The standard InChI is InChI=1S/C15H22N2OS2/c1-3-18-11-8-10(9-11)17-12-6-5-7-13(20-4-2)14(12)15(16)19/h5-7,10-11,17H,3-4,8-9H2,1-2H3,(H2,16,19). The van der Waals surface area contributed by atoms with Crippen LogP contribution in [-0.2, 0) is 4.74 Å². The average molecular weight is 310 g/mol. The van der Waals surface area contributed by atoms with Crippen molar-refractivity contribution in [3.8, 4) is 0 Å². The molecule has 0 radical (unpaired) electrons. The third-order valence-electron chi connectivity index (χ3n) is 3.43. The summed E-state index contributed by atoms with van der Waals surface area (Å²) in [4.78, 5) is 1.62. The topological polar surface area (TPSA) is 47.3 Å². The van der Waals surface area contributed by atoms with Crippen LogP contribution in [0.3, 0.4) is 0 Å². The molecule has 1 aliphatic carbocycles. The number of ether oxygens (including phenoxy) is 1. The molecule has 0 saturated heterocycles. The molecule has 3 nitrogen and oxygen atoms in total. The van der Waals surface area contributed by atoms with Crippen LogP contribution in [0.15, 0.2) is 23.1 Å². The number of anilines is 1. The molecule has 1 aliphatic rings.